The number of carbonyl (C=O) groups excluding carboxylic acids is 3. The second-order valence-corrected chi connectivity index (χ2v) is 9.70. The summed E-state index contributed by atoms with van der Waals surface area (Å²) >= 11 is 0. The number of sulfonamides is 1. The Morgan fingerprint density at radius 1 is 0.763 bits per heavy atom. The highest BCUT2D eigenvalue weighted by molar-refractivity contribution is 7.92. The molecule has 12 heteroatoms. The van der Waals surface area contributed by atoms with Gasteiger partial charge in [-0.1, -0.05) is 36.4 Å². The summed E-state index contributed by atoms with van der Waals surface area (Å²) in [5.41, 5.74) is 1.22. The van der Waals surface area contributed by atoms with E-state index in [-0.39, 0.29) is 11.3 Å². The molecule has 0 amide bonds. The number of carbonyl (C=O) groups is 3. The van der Waals surface area contributed by atoms with Gasteiger partial charge in [0.2, 0.25) is 0 Å². The van der Waals surface area contributed by atoms with Crippen LogP contribution >= 0.6 is 0 Å². The fourth-order valence-corrected chi connectivity index (χ4v) is 4.87. The van der Waals surface area contributed by atoms with Crippen molar-refractivity contribution < 1.29 is 41.7 Å². The van der Waals surface area contributed by atoms with Gasteiger partial charge in [-0.2, -0.15) is 0 Å². The lowest BCUT2D eigenvalue weighted by Gasteiger charge is -2.19. The van der Waals surface area contributed by atoms with Crippen LogP contribution < -0.4 is 10.0 Å². The lowest BCUT2D eigenvalue weighted by molar-refractivity contribution is -0.152. The molecule has 38 heavy (non-hydrogen) atoms. The van der Waals surface area contributed by atoms with Crippen molar-refractivity contribution in [2.75, 3.05) is 38.5 Å². The molecule has 0 fully saturated rings. The van der Waals surface area contributed by atoms with Crippen molar-refractivity contribution in [3.05, 3.63) is 66.2 Å². The fraction of sp³-hybridized carbons (Fsp3) is 0.269. The maximum Gasteiger partial charge on any atom is 0.339 e. The van der Waals surface area contributed by atoms with Crippen LogP contribution in [0.1, 0.15) is 18.1 Å². The number of nitrogens with one attached hydrogen (secondary N) is 2. The largest absolute Gasteiger partial charge is 0.469 e. The van der Waals surface area contributed by atoms with Gasteiger partial charge in [0.05, 0.1) is 38.3 Å². The lowest BCUT2D eigenvalue weighted by atomic mass is 10.1. The van der Waals surface area contributed by atoms with Crippen LogP contribution in [0, 0.1) is 0 Å². The number of fused-ring (bicyclic) bond motifs is 1. The first kappa shape index (κ1) is 28.4. The van der Waals surface area contributed by atoms with Crippen molar-refractivity contribution in [1.29, 1.82) is 0 Å². The zero-order chi connectivity index (χ0) is 27.9. The summed E-state index contributed by atoms with van der Waals surface area (Å²) in [7, 11) is 0.993. The number of hydrogen-bond acceptors (Lipinski definition) is 10. The fourth-order valence-electron chi connectivity index (χ4n) is 3.79. The van der Waals surface area contributed by atoms with Crippen LogP contribution in [-0.2, 0) is 43.4 Å². The summed E-state index contributed by atoms with van der Waals surface area (Å²) in [6, 6.07) is 14.7. The van der Waals surface area contributed by atoms with Gasteiger partial charge in [0, 0.05) is 23.6 Å². The molecule has 0 aromatic heterocycles. The first-order chi connectivity index (χ1) is 18.1. The van der Waals surface area contributed by atoms with Crippen molar-refractivity contribution in [3.8, 4) is 0 Å². The molecule has 3 aromatic carbocycles. The van der Waals surface area contributed by atoms with Gasteiger partial charge >= 0.3 is 17.9 Å². The van der Waals surface area contributed by atoms with Gasteiger partial charge in [-0.25, -0.2) is 18.0 Å². The normalized spacial score (nSPS) is 12.7. The first-order valence-corrected chi connectivity index (χ1v) is 12.8. The smallest absolute Gasteiger partial charge is 0.339 e. The standard InChI is InChI=1S/C26H28N2O9S/c1-34-23(29)15-22(25(30)36-3)27-20-13-14-21(19-8-6-5-7-18(19)20)28-38(32,33)17-11-9-16(10-12-17)24(35-2)26(31)37-4/h5-14,22,24,27-28H,15H2,1-4H3/t22-,24?/m0/s1. The summed E-state index contributed by atoms with van der Waals surface area (Å²) in [5.74, 6) is -1.87. The average molecular weight is 545 g/mol. The van der Waals surface area contributed by atoms with Gasteiger partial charge < -0.3 is 24.3 Å². The molecule has 0 saturated carbocycles. The Hall–Kier alpha value is -4.16. The molecule has 0 saturated heterocycles. The number of esters is 3. The van der Waals surface area contributed by atoms with E-state index in [2.05, 4.69) is 14.8 Å². The molecular formula is C26H28N2O9S. The molecule has 0 heterocycles. The number of anilines is 2. The van der Waals surface area contributed by atoms with Gasteiger partial charge in [0.15, 0.2) is 6.10 Å². The molecule has 1 unspecified atom stereocenters. The summed E-state index contributed by atoms with van der Waals surface area (Å²) in [6.07, 6.45) is -1.25. The third kappa shape index (κ3) is 6.39. The summed E-state index contributed by atoms with van der Waals surface area (Å²) in [6.45, 7) is 0. The van der Waals surface area contributed by atoms with Gasteiger partial charge in [-0.05, 0) is 29.8 Å². The number of hydrogen-bond donors (Lipinski definition) is 2. The minimum absolute atomic E-state index is 0.0314. The molecule has 3 aromatic rings. The van der Waals surface area contributed by atoms with Crippen molar-refractivity contribution in [2.24, 2.45) is 0 Å². The van der Waals surface area contributed by atoms with E-state index in [1.54, 1.807) is 36.4 Å². The average Bonchev–Trinajstić information content (AvgIpc) is 2.93. The molecule has 2 N–H and O–H groups in total. The molecule has 0 aliphatic rings. The molecule has 2 atom stereocenters. The Kier molecular flexibility index (Phi) is 9.26. The second kappa shape index (κ2) is 12.4. The third-order valence-corrected chi connectivity index (χ3v) is 7.11. The van der Waals surface area contributed by atoms with E-state index in [1.165, 1.54) is 52.7 Å². The molecular weight excluding hydrogens is 516 g/mol. The van der Waals surface area contributed by atoms with Crippen molar-refractivity contribution in [3.63, 3.8) is 0 Å². The van der Waals surface area contributed by atoms with Crippen LogP contribution in [-0.4, -0.2) is 60.8 Å². The van der Waals surface area contributed by atoms with Crippen LogP contribution in [0.15, 0.2) is 65.6 Å². The lowest BCUT2D eigenvalue weighted by Crippen LogP contribution is -2.33. The Morgan fingerprint density at radius 3 is 1.89 bits per heavy atom. The number of benzene rings is 3. The summed E-state index contributed by atoms with van der Waals surface area (Å²) < 4.78 is 48.2. The second-order valence-electron chi connectivity index (χ2n) is 8.02. The molecule has 11 nitrogen and oxygen atoms in total. The maximum absolute atomic E-state index is 13.2. The minimum atomic E-state index is -4.02. The molecule has 0 aliphatic heterocycles. The predicted molar refractivity (Wildman–Crippen MR) is 139 cm³/mol. The number of ether oxygens (including phenoxy) is 4. The minimum Gasteiger partial charge on any atom is -0.469 e. The topological polar surface area (TPSA) is 146 Å². The molecule has 0 aliphatic carbocycles. The molecule has 3 rings (SSSR count). The zero-order valence-corrected chi connectivity index (χ0v) is 22.0. The van der Waals surface area contributed by atoms with E-state index in [0.29, 0.717) is 27.7 Å². The summed E-state index contributed by atoms with van der Waals surface area (Å²) in [4.78, 5) is 35.9. The van der Waals surface area contributed by atoms with Gasteiger partial charge in [0.1, 0.15) is 6.04 Å². The Bertz CT molecular complexity index is 1420. The summed E-state index contributed by atoms with van der Waals surface area (Å²) in [5, 5.41) is 4.14. The third-order valence-electron chi connectivity index (χ3n) is 5.73. The van der Waals surface area contributed by atoms with E-state index in [0.717, 1.165) is 0 Å². The van der Waals surface area contributed by atoms with Crippen LogP contribution in [0.2, 0.25) is 0 Å². The Labute approximate surface area is 220 Å². The Morgan fingerprint density at radius 2 is 1.34 bits per heavy atom. The quantitative estimate of drug-likeness (QED) is 0.273. The number of rotatable bonds is 11. The van der Waals surface area contributed by atoms with Crippen LogP contribution in [0.3, 0.4) is 0 Å². The molecule has 0 radical (unpaired) electrons. The van der Waals surface area contributed by atoms with Crippen molar-refractivity contribution in [1.82, 2.24) is 0 Å². The van der Waals surface area contributed by atoms with E-state index in [1.807, 2.05) is 0 Å². The van der Waals surface area contributed by atoms with Crippen LogP contribution in [0.5, 0.6) is 0 Å². The molecule has 202 valence electrons. The maximum atomic E-state index is 13.2. The highest BCUT2D eigenvalue weighted by atomic mass is 32.2. The van der Waals surface area contributed by atoms with Crippen molar-refractivity contribution >= 4 is 50.1 Å². The van der Waals surface area contributed by atoms with Gasteiger partial charge in [0.25, 0.3) is 10.0 Å². The van der Waals surface area contributed by atoms with Gasteiger partial charge in [-0.15, -0.1) is 0 Å². The SMILES string of the molecule is COC(=O)C[C@H](Nc1ccc(NS(=O)(=O)c2ccc(C(OC)C(=O)OC)cc2)c2ccccc12)C(=O)OC. The van der Waals surface area contributed by atoms with E-state index >= 15 is 0 Å². The van der Waals surface area contributed by atoms with E-state index in [4.69, 9.17) is 14.2 Å². The monoisotopic (exact) mass is 544 g/mol. The Balaban J connectivity index is 1.92. The van der Waals surface area contributed by atoms with Crippen LogP contribution in [0.4, 0.5) is 11.4 Å². The van der Waals surface area contributed by atoms with Crippen molar-refractivity contribution in [2.45, 2.75) is 23.5 Å². The van der Waals surface area contributed by atoms with Gasteiger partial charge in [-0.3, -0.25) is 9.52 Å². The first-order valence-electron chi connectivity index (χ1n) is 11.3. The van der Waals surface area contributed by atoms with E-state index in [9.17, 15) is 22.8 Å². The highest BCUT2D eigenvalue weighted by Crippen LogP contribution is 2.32. The van der Waals surface area contributed by atoms with Crippen LogP contribution in [0.25, 0.3) is 10.8 Å². The molecule has 0 bridgehead atoms. The zero-order valence-electron chi connectivity index (χ0n) is 21.2. The number of methoxy groups -OCH3 is 4. The highest BCUT2D eigenvalue weighted by Gasteiger charge is 2.25. The molecule has 0 spiro atoms. The predicted octanol–water partition coefficient (Wildman–Crippen LogP) is 3.02. The van der Waals surface area contributed by atoms with E-state index < -0.39 is 40.1 Å².